The molecule has 0 spiro atoms. The number of hydrogen-bond donors (Lipinski definition) is 0. The van der Waals surface area contributed by atoms with E-state index in [1.807, 2.05) is 6.92 Å². The van der Waals surface area contributed by atoms with Crippen molar-refractivity contribution in [1.82, 2.24) is 0 Å². The van der Waals surface area contributed by atoms with E-state index in [0.717, 1.165) is 0 Å². The van der Waals surface area contributed by atoms with E-state index in [1.54, 1.807) is 41.4 Å². The number of aliphatic imine (C=N–C) groups is 1. The molecular formula is C18H17N3O4. The van der Waals surface area contributed by atoms with Crippen LogP contribution < -0.4 is 9.64 Å². The van der Waals surface area contributed by atoms with Gasteiger partial charge in [0, 0.05) is 36.0 Å². The molecule has 1 aliphatic heterocycles. The molecule has 2 aromatic rings. The van der Waals surface area contributed by atoms with Gasteiger partial charge in [-0.05, 0) is 31.2 Å². The second kappa shape index (κ2) is 7.12. The summed E-state index contributed by atoms with van der Waals surface area (Å²) in [5, 5.41) is 11.0. The molecule has 1 aliphatic rings. The van der Waals surface area contributed by atoms with Crippen LogP contribution in [0.1, 0.15) is 22.8 Å². The summed E-state index contributed by atoms with van der Waals surface area (Å²) in [4.78, 5) is 29.3. The Kier molecular flexibility index (Phi) is 4.74. The first-order chi connectivity index (χ1) is 12.1. The minimum absolute atomic E-state index is 0.0298. The highest BCUT2D eigenvalue weighted by molar-refractivity contribution is 6.09. The lowest BCUT2D eigenvalue weighted by Crippen LogP contribution is -2.33. The summed E-state index contributed by atoms with van der Waals surface area (Å²) in [5.74, 6) is 0.436. The van der Waals surface area contributed by atoms with Crippen molar-refractivity contribution >= 4 is 23.5 Å². The molecule has 7 heteroatoms. The zero-order valence-electron chi connectivity index (χ0n) is 13.7. The van der Waals surface area contributed by atoms with Crippen LogP contribution in [0.3, 0.4) is 0 Å². The largest absolute Gasteiger partial charge is 0.494 e. The minimum atomic E-state index is -0.462. The van der Waals surface area contributed by atoms with Crippen LogP contribution in [0.4, 0.5) is 11.4 Å². The third-order valence-electron chi connectivity index (χ3n) is 3.83. The van der Waals surface area contributed by atoms with Gasteiger partial charge in [0.2, 0.25) is 0 Å². The van der Waals surface area contributed by atoms with Crippen LogP contribution in [0.15, 0.2) is 47.5 Å². The fraction of sp³-hybridized carbons (Fsp3) is 0.222. The number of carbonyl (C=O) groups excluding carboxylic acids is 1. The standard InChI is InChI=1S/C18H17N3O4/c1-2-25-16-5-3-4-13(11-16)18(22)20-9-8-19-12-14-10-15(21(23)24)6-7-17(14)20/h3-7,10-12H,2,8-9H2,1H3. The minimum Gasteiger partial charge on any atom is -0.494 e. The molecule has 0 radical (unpaired) electrons. The maximum absolute atomic E-state index is 13.0. The quantitative estimate of drug-likeness (QED) is 0.633. The number of anilines is 1. The van der Waals surface area contributed by atoms with Gasteiger partial charge in [0.15, 0.2) is 0 Å². The van der Waals surface area contributed by atoms with Gasteiger partial charge in [0.25, 0.3) is 11.6 Å². The number of nitro benzene ring substituents is 1. The van der Waals surface area contributed by atoms with E-state index in [1.165, 1.54) is 12.1 Å². The van der Waals surface area contributed by atoms with Crippen LogP contribution in [0.5, 0.6) is 5.75 Å². The molecule has 0 aromatic heterocycles. The molecule has 0 saturated heterocycles. The first kappa shape index (κ1) is 16.6. The normalized spacial score (nSPS) is 13.1. The van der Waals surface area contributed by atoms with E-state index in [2.05, 4.69) is 4.99 Å². The zero-order valence-corrected chi connectivity index (χ0v) is 13.7. The molecule has 3 rings (SSSR count). The number of nitrogens with zero attached hydrogens (tertiary/aromatic N) is 3. The molecular weight excluding hydrogens is 322 g/mol. The van der Waals surface area contributed by atoms with Crippen molar-refractivity contribution < 1.29 is 14.5 Å². The third-order valence-corrected chi connectivity index (χ3v) is 3.83. The summed E-state index contributed by atoms with van der Waals surface area (Å²) < 4.78 is 5.45. The molecule has 0 saturated carbocycles. The van der Waals surface area contributed by atoms with Gasteiger partial charge in [0.1, 0.15) is 5.75 Å². The van der Waals surface area contributed by atoms with Crippen molar-refractivity contribution in [3.8, 4) is 5.75 Å². The number of nitro groups is 1. The lowest BCUT2D eigenvalue weighted by molar-refractivity contribution is -0.384. The molecule has 0 aliphatic carbocycles. The first-order valence-corrected chi connectivity index (χ1v) is 7.93. The number of rotatable bonds is 4. The maximum Gasteiger partial charge on any atom is 0.270 e. The fourth-order valence-corrected chi connectivity index (χ4v) is 2.70. The van der Waals surface area contributed by atoms with Crippen LogP contribution in [0.25, 0.3) is 0 Å². The Morgan fingerprint density at radius 3 is 2.92 bits per heavy atom. The molecule has 25 heavy (non-hydrogen) atoms. The summed E-state index contributed by atoms with van der Waals surface area (Å²) in [7, 11) is 0. The monoisotopic (exact) mass is 339 g/mol. The summed E-state index contributed by atoms with van der Waals surface area (Å²) in [6.07, 6.45) is 1.58. The van der Waals surface area contributed by atoms with Crippen molar-refractivity contribution in [3.63, 3.8) is 0 Å². The molecule has 0 N–H and O–H groups in total. The summed E-state index contributed by atoms with van der Waals surface area (Å²) in [5.41, 5.74) is 1.63. The molecule has 0 unspecified atom stereocenters. The smallest absolute Gasteiger partial charge is 0.270 e. The first-order valence-electron chi connectivity index (χ1n) is 7.93. The molecule has 2 aromatic carbocycles. The van der Waals surface area contributed by atoms with E-state index in [0.29, 0.717) is 42.3 Å². The molecule has 1 amide bonds. The number of ether oxygens (including phenoxy) is 1. The third kappa shape index (κ3) is 3.50. The van der Waals surface area contributed by atoms with Gasteiger partial charge in [-0.25, -0.2) is 0 Å². The van der Waals surface area contributed by atoms with Gasteiger partial charge in [-0.2, -0.15) is 0 Å². The predicted octanol–water partition coefficient (Wildman–Crippen LogP) is 3.07. The van der Waals surface area contributed by atoms with Crippen molar-refractivity contribution in [2.45, 2.75) is 6.92 Å². The Morgan fingerprint density at radius 1 is 1.32 bits per heavy atom. The number of amides is 1. The summed E-state index contributed by atoms with van der Waals surface area (Å²) in [6.45, 7) is 3.23. The van der Waals surface area contributed by atoms with Crippen LogP contribution in [0.2, 0.25) is 0 Å². The van der Waals surface area contributed by atoms with Crippen LogP contribution >= 0.6 is 0 Å². The zero-order chi connectivity index (χ0) is 17.8. The van der Waals surface area contributed by atoms with Gasteiger partial charge < -0.3 is 9.64 Å². The Bertz CT molecular complexity index is 848. The van der Waals surface area contributed by atoms with E-state index >= 15 is 0 Å². The Balaban J connectivity index is 1.97. The second-order valence-corrected chi connectivity index (χ2v) is 5.45. The highest BCUT2D eigenvalue weighted by Gasteiger charge is 2.23. The van der Waals surface area contributed by atoms with Crippen molar-refractivity contribution in [1.29, 1.82) is 0 Å². The molecule has 0 bridgehead atoms. The number of benzene rings is 2. The molecule has 0 fully saturated rings. The number of hydrogen-bond acceptors (Lipinski definition) is 5. The Labute approximate surface area is 144 Å². The average Bonchev–Trinajstić information content (AvgIpc) is 2.83. The molecule has 1 heterocycles. The predicted molar refractivity (Wildman–Crippen MR) is 94.8 cm³/mol. The molecule has 7 nitrogen and oxygen atoms in total. The van der Waals surface area contributed by atoms with E-state index < -0.39 is 4.92 Å². The van der Waals surface area contributed by atoms with Gasteiger partial charge in [-0.3, -0.25) is 19.9 Å². The number of fused-ring (bicyclic) bond motifs is 1. The van der Waals surface area contributed by atoms with Crippen LogP contribution in [-0.4, -0.2) is 36.7 Å². The molecule has 128 valence electrons. The van der Waals surface area contributed by atoms with Gasteiger partial charge >= 0.3 is 0 Å². The number of non-ortho nitro benzene ring substituents is 1. The Morgan fingerprint density at radius 2 is 2.16 bits per heavy atom. The van der Waals surface area contributed by atoms with Crippen molar-refractivity contribution in [3.05, 3.63) is 63.7 Å². The lowest BCUT2D eigenvalue weighted by atomic mass is 10.1. The summed E-state index contributed by atoms with van der Waals surface area (Å²) >= 11 is 0. The van der Waals surface area contributed by atoms with E-state index in [-0.39, 0.29) is 11.6 Å². The van der Waals surface area contributed by atoms with Crippen molar-refractivity contribution in [2.24, 2.45) is 4.99 Å². The number of carbonyl (C=O) groups is 1. The van der Waals surface area contributed by atoms with Crippen LogP contribution in [-0.2, 0) is 0 Å². The number of benzodiazepines with no additional fused rings is 1. The Hall–Kier alpha value is -3.22. The fourth-order valence-electron chi connectivity index (χ4n) is 2.70. The van der Waals surface area contributed by atoms with Gasteiger partial charge in [0.05, 0.1) is 23.8 Å². The SMILES string of the molecule is CCOc1cccc(C(=O)N2CCN=Cc3cc([N+](=O)[O-])ccc32)c1. The summed E-state index contributed by atoms with van der Waals surface area (Å²) in [6, 6.07) is 11.4. The van der Waals surface area contributed by atoms with Crippen LogP contribution in [0, 0.1) is 10.1 Å². The maximum atomic E-state index is 13.0. The highest BCUT2D eigenvalue weighted by atomic mass is 16.6. The topological polar surface area (TPSA) is 85.0 Å². The lowest BCUT2D eigenvalue weighted by Gasteiger charge is -2.22. The van der Waals surface area contributed by atoms with E-state index in [9.17, 15) is 14.9 Å². The highest BCUT2D eigenvalue weighted by Crippen LogP contribution is 2.27. The van der Waals surface area contributed by atoms with Gasteiger partial charge in [-0.15, -0.1) is 0 Å². The van der Waals surface area contributed by atoms with E-state index in [4.69, 9.17) is 4.74 Å². The average molecular weight is 339 g/mol. The van der Waals surface area contributed by atoms with Gasteiger partial charge in [-0.1, -0.05) is 6.07 Å². The van der Waals surface area contributed by atoms with Crippen molar-refractivity contribution in [2.75, 3.05) is 24.6 Å². The molecule has 0 atom stereocenters. The second-order valence-electron chi connectivity index (χ2n) is 5.45.